The van der Waals surface area contributed by atoms with Crippen LogP contribution < -0.4 is 9.62 Å². The van der Waals surface area contributed by atoms with E-state index in [1.54, 1.807) is 66.7 Å². The van der Waals surface area contributed by atoms with Crippen molar-refractivity contribution in [1.29, 1.82) is 0 Å². The molecule has 0 radical (unpaired) electrons. The Morgan fingerprint density at radius 2 is 1.37 bits per heavy atom. The lowest BCUT2D eigenvalue weighted by Crippen LogP contribution is -2.54. The van der Waals surface area contributed by atoms with Crippen LogP contribution in [0.1, 0.15) is 30.5 Å². The van der Waals surface area contributed by atoms with Crippen LogP contribution in [0.15, 0.2) is 114 Å². The molecular formula is C34H36ClN3O4S. The van der Waals surface area contributed by atoms with E-state index in [0.29, 0.717) is 10.7 Å². The molecule has 0 bridgehead atoms. The van der Waals surface area contributed by atoms with Crippen molar-refractivity contribution < 1.29 is 18.0 Å². The fraction of sp³-hybridized carbons (Fsp3) is 0.235. The number of anilines is 1. The largest absolute Gasteiger partial charge is 0.352 e. The summed E-state index contributed by atoms with van der Waals surface area (Å²) in [5, 5.41) is 3.50. The molecule has 4 aromatic carbocycles. The predicted molar refractivity (Wildman–Crippen MR) is 171 cm³/mol. The molecule has 1 N–H and O–H groups in total. The molecule has 0 spiro atoms. The molecule has 0 aliphatic carbocycles. The zero-order valence-corrected chi connectivity index (χ0v) is 26.1. The number of aryl methyl sites for hydroxylation is 1. The molecule has 0 aliphatic heterocycles. The summed E-state index contributed by atoms with van der Waals surface area (Å²) < 4.78 is 29.1. The third-order valence-electron chi connectivity index (χ3n) is 6.90. The number of sulfonamides is 1. The first-order valence-corrected chi connectivity index (χ1v) is 15.9. The average Bonchev–Trinajstić information content (AvgIpc) is 2.99. The van der Waals surface area contributed by atoms with Gasteiger partial charge in [-0.2, -0.15) is 0 Å². The summed E-state index contributed by atoms with van der Waals surface area (Å²) in [6.07, 6.45) is 0.245. The molecule has 1 atom stereocenters. The fourth-order valence-electron chi connectivity index (χ4n) is 4.68. The molecule has 0 heterocycles. The zero-order valence-electron chi connectivity index (χ0n) is 24.5. The van der Waals surface area contributed by atoms with E-state index >= 15 is 0 Å². The third kappa shape index (κ3) is 8.46. The van der Waals surface area contributed by atoms with Gasteiger partial charge in [-0.3, -0.25) is 13.9 Å². The molecule has 224 valence electrons. The zero-order chi connectivity index (χ0) is 31.0. The molecule has 0 saturated carbocycles. The van der Waals surface area contributed by atoms with E-state index in [1.165, 1.54) is 17.0 Å². The van der Waals surface area contributed by atoms with Crippen molar-refractivity contribution in [3.8, 4) is 0 Å². The molecule has 4 aromatic rings. The monoisotopic (exact) mass is 617 g/mol. The topological polar surface area (TPSA) is 86.8 Å². The highest BCUT2D eigenvalue weighted by Crippen LogP contribution is 2.25. The molecule has 4 rings (SSSR count). The Hall–Kier alpha value is -4.14. The predicted octanol–water partition coefficient (Wildman–Crippen LogP) is 6.01. The third-order valence-corrected chi connectivity index (χ3v) is 8.94. The number of benzene rings is 4. The van der Waals surface area contributed by atoms with Gasteiger partial charge in [-0.05, 0) is 68.3 Å². The number of carbonyl (C=O) groups excluding carboxylic acids is 2. The first-order chi connectivity index (χ1) is 20.5. The Labute approximate surface area is 259 Å². The fourth-order valence-corrected chi connectivity index (χ4v) is 6.22. The SMILES string of the molecule is Cc1ccc(S(=O)(=O)N(CC(=O)N(Cc2ccc(Cl)cc2)[C@@H](Cc2ccccc2)C(=O)NC(C)C)c2ccccc2)cc1. The second kappa shape index (κ2) is 14.4. The maximum atomic E-state index is 14.4. The van der Waals surface area contributed by atoms with E-state index in [4.69, 9.17) is 11.6 Å². The first-order valence-electron chi connectivity index (χ1n) is 14.1. The lowest BCUT2D eigenvalue weighted by Gasteiger charge is -2.34. The number of para-hydroxylation sites is 1. The summed E-state index contributed by atoms with van der Waals surface area (Å²) in [6, 6.07) is 30.4. The summed E-state index contributed by atoms with van der Waals surface area (Å²) >= 11 is 6.13. The normalized spacial score (nSPS) is 12.0. The summed E-state index contributed by atoms with van der Waals surface area (Å²) in [7, 11) is -4.13. The van der Waals surface area contributed by atoms with Gasteiger partial charge in [-0.25, -0.2) is 8.42 Å². The standard InChI is InChI=1S/C34H36ClN3O4S/c1-25(2)36-34(40)32(22-27-10-6-4-7-11-27)37(23-28-16-18-29(35)19-17-28)33(39)24-38(30-12-8-5-9-13-30)43(41,42)31-20-14-26(3)15-21-31/h4-21,25,32H,22-24H2,1-3H3,(H,36,40)/t32-/m0/s1. The van der Waals surface area contributed by atoms with Crippen LogP contribution in [-0.4, -0.2) is 43.8 Å². The van der Waals surface area contributed by atoms with E-state index in [9.17, 15) is 18.0 Å². The van der Waals surface area contributed by atoms with Gasteiger partial charge in [0.1, 0.15) is 12.6 Å². The number of rotatable bonds is 12. The minimum Gasteiger partial charge on any atom is -0.352 e. The summed E-state index contributed by atoms with van der Waals surface area (Å²) in [5.41, 5.74) is 2.87. The highest BCUT2D eigenvalue weighted by atomic mass is 35.5. The van der Waals surface area contributed by atoms with Crippen LogP contribution in [-0.2, 0) is 32.6 Å². The van der Waals surface area contributed by atoms with Gasteiger partial charge < -0.3 is 10.2 Å². The minimum absolute atomic E-state index is 0.0670. The summed E-state index contributed by atoms with van der Waals surface area (Å²) in [4.78, 5) is 29.6. The van der Waals surface area contributed by atoms with Crippen LogP contribution in [0, 0.1) is 6.92 Å². The highest BCUT2D eigenvalue weighted by molar-refractivity contribution is 7.92. The Balaban J connectivity index is 1.78. The van der Waals surface area contributed by atoms with Crippen LogP contribution >= 0.6 is 11.6 Å². The van der Waals surface area contributed by atoms with Gasteiger partial charge in [0.25, 0.3) is 10.0 Å². The molecule has 43 heavy (non-hydrogen) atoms. The molecule has 0 aliphatic rings. The van der Waals surface area contributed by atoms with Gasteiger partial charge in [0.05, 0.1) is 10.6 Å². The molecule has 2 amide bonds. The van der Waals surface area contributed by atoms with Gasteiger partial charge in [0, 0.05) is 24.0 Å². The Morgan fingerprint density at radius 3 is 1.95 bits per heavy atom. The number of hydrogen-bond acceptors (Lipinski definition) is 4. The van der Waals surface area contributed by atoms with Gasteiger partial charge in [-0.1, -0.05) is 90.0 Å². The van der Waals surface area contributed by atoms with Crippen molar-refractivity contribution in [2.75, 3.05) is 10.8 Å². The number of nitrogens with zero attached hydrogens (tertiary/aromatic N) is 2. The maximum absolute atomic E-state index is 14.4. The quantitative estimate of drug-likeness (QED) is 0.211. The second-order valence-electron chi connectivity index (χ2n) is 10.7. The minimum atomic E-state index is -4.13. The number of nitrogens with one attached hydrogen (secondary N) is 1. The van der Waals surface area contributed by atoms with Crippen LogP contribution in [0.3, 0.4) is 0 Å². The number of carbonyl (C=O) groups is 2. The molecular weight excluding hydrogens is 582 g/mol. The van der Waals surface area contributed by atoms with E-state index in [0.717, 1.165) is 21.0 Å². The van der Waals surface area contributed by atoms with Crippen molar-refractivity contribution in [2.45, 2.75) is 50.7 Å². The molecule has 0 aromatic heterocycles. The highest BCUT2D eigenvalue weighted by Gasteiger charge is 2.34. The van der Waals surface area contributed by atoms with E-state index in [-0.39, 0.29) is 29.8 Å². The Morgan fingerprint density at radius 1 is 0.791 bits per heavy atom. The van der Waals surface area contributed by atoms with Crippen molar-refractivity contribution in [2.24, 2.45) is 0 Å². The van der Waals surface area contributed by atoms with Crippen molar-refractivity contribution in [3.63, 3.8) is 0 Å². The molecule has 9 heteroatoms. The first kappa shape index (κ1) is 31.8. The van der Waals surface area contributed by atoms with Crippen molar-refractivity contribution >= 4 is 39.1 Å². The number of halogens is 1. The Kier molecular flexibility index (Phi) is 10.6. The molecule has 0 saturated heterocycles. The number of amides is 2. The number of hydrogen-bond donors (Lipinski definition) is 1. The molecule has 0 unspecified atom stereocenters. The average molecular weight is 618 g/mol. The van der Waals surface area contributed by atoms with E-state index in [1.807, 2.05) is 51.1 Å². The summed E-state index contributed by atoms with van der Waals surface area (Å²) in [6.45, 7) is 5.15. The summed E-state index contributed by atoms with van der Waals surface area (Å²) in [5.74, 6) is -0.844. The van der Waals surface area contributed by atoms with E-state index in [2.05, 4.69) is 5.32 Å². The van der Waals surface area contributed by atoms with Crippen molar-refractivity contribution in [1.82, 2.24) is 10.2 Å². The van der Waals surface area contributed by atoms with Gasteiger partial charge >= 0.3 is 0 Å². The molecule has 0 fully saturated rings. The molecule has 7 nitrogen and oxygen atoms in total. The van der Waals surface area contributed by atoms with Gasteiger partial charge in [-0.15, -0.1) is 0 Å². The van der Waals surface area contributed by atoms with Crippen LogP contribution in [0.5, 0.6) is 0 Å². The lowest BCUT2D eigenvalue weighted by molar-refractivity contribution is -0.140. The second-order valence-corrected chi connectivity index (χ2v) is 13.0. The van der Waals surface area contributed by atoms with E-state index < -0.39 is 28.5 Å². The Bertz CT molecular complexity index is 1610. The van der Waals surface area contributed by atoms with Crippen LogP contribution in [0.2, 0.25) is 5.02 Å². The maximum Gasteiger partial charge on any atom is 0.264 e. The lowest BCUT2D eigenvalue weighted by atomic mass is 10.0. The smallest absolute Gasteiger partial charge is 0.264 e. The van der Waals surface area contributed by atoms with Crippen LogP contribution in [0.4, 0.5) is 5.69 Å². The van der Waals surface area contributed by atoms with Gasteiger partial charge in [0.15, 0.2) is 0 Å². The van der Waals surface area contributed by atoms with Crippen molar-refractivity contribution in [3.05, 3.63) is 131 Å². The van der Waals surface area contributed by atoms with Crippen LogP contribution in [0.25, 0.3) is 0 Å². The van der Waals surface area contributed by atoms with Gasteiger partial charge in [0.2, 0.25) is 11.8 Å².